The normalized spacial score (nSPS) is 22.8. The molecule has 1 saturated carbocycles. The lowest BCUT2D eigenvalue weighted by atomic mass is 9.90. The van der Waals surface area contributed by atoms with Crippen LogP contribution in [-0.2, 0) is 11.3 Å². The third-order valence-corrected chi connectivity index (χ3v) is 8.62. The number of amides is 1. The maximum absolute atomic E-state index is 12.8. The molecule has 0 spiro atoms. The number of aliphatic hydroxyl groups is 1. The first kappa shape index (κ1) is 23.3. The van der Waals surface area contributed by atoms with Gasteiger partial charge in [0.2, 0.25) is 0 Å². The van der Waals surface area contributed by atoms with Gasteiger partial charge in [0.1, 0.15) is 5.60 Å². The number of rotatable bonds is 3. The first-order chi connectivity index (χ1) is 17.3. The van der Waals surface area contributed by atoms with E-state index in [1.54, 1.807) is 11.3 Å². The monoisotopic (exact) mass is 502 g/mol. The van der Waals surface area contributed by atoms with Crippen LogP contribution < -0.4 is 4.90 Å². The molecule has 36 heavy (non-hydrogen) atoms. The number of nitrogens with zero attached hydrogens (tertiary/aromatic N) is 4. The molecule has 3 aliphatic rings. The van der Waals surface area contributed by atoms with E-state index in [1.807, 2.05) is 50.1 Å². The van der Waals surface area contributed by atoms with Gasteiger partial charge in [-0.15, -0.1) is 11.3 Å². The third-order valence-electron chi connectivity index (χ3n) is 7.47. The number of aromatic nitrogens is 1. The maximum atomic E-state index is 12.8. The number of pyridine rings is 1. The summed E-state index contributed by atoms with van der Waals surface area (Å²) >= 11 is 1.55. The van der Waals surface area contributed by atoms with Crippen molar-refractivity contribution in [3.8, 4) is 17.2 Å². The summed E-state index contributed by atoms with van der Waals surface area (Å²) in [6.45, 7) is 7.94. The van der Waals surface area contributed by atoms with E-state index in [1.165, 1.54) is 11.3 Å². The largest absolute Gasteiger partial charge is 0.444 e. The summed E-state index contributed by atoms with van der Waals surface area (Å²) in [7, 11) is 0. The average molecular weight is 503 g/mol. The summed E-state index contributed by atoms with van der Waals surface area (Å²) in [5.41, 5.74) is 5.54. The lowest BCUT2D eigenvalue weighted by Gasteiger charge is -2.38. The molecule has 1 N–H and O–H groups in total. The van der Waals surface area contributed by atoms with E-state index in [0.29, 0.717) is 30.5 Å². The van der Waals surface area contributed by atoms with Crippen LogP contribution in [0.5, 0.6) is 0 Å². The first-order valence-corrected chi connectivity index (χ1v) is 13.4. The fourth-order valence-corrected chi connectivity index (χ4v) is 6.80. The Morgan fingerprint density at radius 3 is 2.86 bits per heavy atom. The van der Waals surface area contributed by atoms with Crippen molar-refractivity contribution in [1.29, 1.82) is 5.26 Å². The minimum Gasteiger partial charge on any atom is -0.444 e. The van der Waals surface area contributed by atoms with Crippen LogP contribution in [0.1, 0.15) is 55.5 Å². The summed E-state index contributed by atoms with van der Waals surface area (Å²) in [5, 5.41) is 19.6. The number of thiophene rings is 1. The fraction of sp³-hybridized carbons (Fsp3) is 0.464. The maximum Gasteiger partial charge on any atom is 0.410 e. The van der Waals surface area contributed by atoms with E-state index in [0.717, 1.165) is 45.6 Å². The van der Waals surface area contributed by atoms with Crippen molar-refractivity contribution in [2.45, 2.75) is 57.8 Å². The highest BCUT2D eigenvalue weighted by Gasteiger charge is 2.48. The summed E-state index contributed by atoms with van der Waals surface area (Å²) in [5.74, 6) is 1.08. The number of hydrogen-bond acceptors (Lipinski definition) is 7. The van der Waals surface area contributed by atoms with E-state index in [-0.39, 0.29) is 18.7 Å². The van der Waals surface area contributed by atoms with Crippen LogP contribution >= 0.6 is 11.3 Å². The van der Waals surface area contributed by atoms with Gasteiger partial charge in [0.25, 0.3) is 0 Å². The zero-order chi connectivity index (χ0) is 25.2. The Morgan fingerprint density at radius 1 is 1.28 bits per heavy atom. The fourth-order valence-electron chi connectivity index (χ4n) is 5.80. The Hall–Kier alpha value is -3.15. The quantitative estimate of drug-likeness (QED) is 0.525. The molecule has 7 nitrogen and oxygen atoms in total. The van der Waals surface area contributed by atoms with Gasteiger partial charge >= 0.3 is 6.09 Å². The van der Waals surface area contributed by atoms with E-state index in [2.05, 4.69) is 22.0 Å². The zero-order valence-electron chi connectivity index (χ0n) is 20.8. The van der Waals surface area contributed by atoms with Crippen molar-refractivity contribution in [1.82, 2.24) is 9.88 Å². The first-order valence-electron chi connectivity index (χ1n) is 12.6. The number of hydrogen-bond donors (Lipinski definition) is 1. The molecule has 3 atom stereocenters. The Balaban J connectivity index is 1.43. The van der Waals surface area contributed by atoms with Gasteiger partial charge in [0.05, 0.1) is 28.5 Å². The van der Waals surface area contributed by atoms with Crippen molar-refractivity contribution in [2.24, 2.45) is 5.92 Å². The molecule has 3 aromatic rings. The number of nitriles is 1. The van der Waals surface area contributed by atoms with Gasteiger partial charge in [-0.05, 0) is 75.3 Å². The zero-order valence-corrected chi connectivity index (χ0v) is 21.6. The van der Waals surface area contributed by atoms with Crippen LogP contribution in [0.25, 0.3) is 21.3 Å². The second kappa shape index (κ2) is 8.46. The third kappa shape index (κ3) is 4.00. The van der Waals surface area contributed by atoms with E-state index in [4.69, 9.17) is 4.74 Å². The molecule has 0 unspecified atom stereocenters. The minimum atomic E-state index is -0.518. The minimum absolute atomic E-state index is 0.0186. The Labute approximate surface area is 214 Å². The standard InChI is InChI=1S/C28H30N4O3S/c1-28(2,3)35-27(34)31-7-5-18(14-31)32-13-17-10-21(17)23-9-16(12-29)8-22(25(23)32)20-4-6-30-24-11-19(15-33)36-26(20)24/h4,6,8-9,11,17-18,21,33H,5,7,10,13-15H2,1-3H3/t17-,18+,21-/m0/s1. The Bertz CT molecular complexity index is 1400. The van der Waals surface area contributed by atoms with Crippen molar-refractivity contribution in [3.63, 3.8) is 0 Å². The number of ether oxygens (including phenoxy) is 1. The summed E-state index contributed by atoms with van der Waals surface area (Å²) < 4.78 is 6.67. The molecule has 186 valence electrons. The number of fused-ring (bicyclic) bond motifs is 4. The molecule has 6 rings (SSSR count). The second-order valence-electron chi connectivity index (χ2n) is 11.1. The molecule has 1 aromatic carbocycles. The molecular formula is C28H30N4O3S. The Kier molecular flexibility index (Phi) is 5.47. The van der Waals surface area contributed by atoms with Gasteiger partial charge in [-0.2, -0.15) is 5.26 Å². The van der Waals surface area contributed by atoms with Gasteiger partial charge in [0.15, 0.2) is 0 Å². The van der Waals surface area contributed by atoms with Crippen LogP contribution in [-0.4, -0.2) is 52.4 Å². The van der Waals surface area contributed by atoms with Gasteiger partial charge in [-0.1, -0.05) is 0 Å². The van der Waals surface area contributed by atoms with Gasteiger partial charge in [0, 0.05) is 53.6 Å². The second-order valence-corrected chi connectivity index (χ2v) is 12.3. The lowest BCUT2D eigenvalue weighted by molar-refractivity contribution is 0.0292. The molecule has 1 aliphatic carbocycles. The van der Waals surface area contributed by atoms with Crippen LogP contribution in [0.3, 0.4) is 0 Å². The molecule has 4 heterocycles. The molecule has 0 radical (unpaired) electrons. The molecule has 2 aliphatic heterocycles. The van der Waals surface area contributed by atoms with Crippen LogP contribution in [0.15, 0.2) is 30.5 Å². The Morgan fingerprint density at radius 2 is 2.11 bits per heavy atom. The van der Waals surface area contributed by atoms with Gasteiger partial charge < -0.3 is 19.6 Å². The van der Waals surface area contributed by atoms with E-state index >= 15 is 0 Å². The van der Waals surface area contributed by atoms with Gasteiger partial charge in [-0.25, -0.2) is 4.79 Å². The summed E-state index contributed by atoms with van der Waals surface area (Å²) in [4.78, 5) is 22.5. The number of aliphatic hydroxyl groups excluding tert-OH is 1. The topological polar surface area (TPSA) is 89.7 Å². The number of benzene rings is 1. The van der Waals surface area contributed by atoms with Crippen LogP contribution in [0, 0.1) is 17.2 Å². The van der Waals surface area contributed by atoms with Crippen molar-refractivity contribution in [3.05, 3.63) is 46.5 Å². The predicted octanol–water partition coefficient (Wildman–Crippen LogP) is 5.26. The smallest absolute Gasteiger partial charge is 0.410 e. The van der Waals surface area contributed by atoms with Gasteiger partial charge in [-0.3, -0.25) is 4.98 Å². The highest BCUT2D eigenvalue weighted by Crippen LogP contribution is 2.58. The molecular weight excluding hydrogens is 472 g/mol. The number of likely N-dealkylation sites (tertiary alicyclic amines) is 1. The number of carbonyl (C=O) groups excluding carboxylic acids is 1. The highest BCUT2D eigenvalue weighted by molar-refractivity contribution is 7.19. The molecule has 2 fully saturated rings. The SMILES string of the molecule is CC(C)(C)OC(=O)N1CC[C@@H](N2C[C@@H]3C[C@@H]3c3cc(C#N)cc(-c4ccnc5cc(CO)sc45)c32)C1. The predicted molar refractivity (Wildman–Crippen MR) is 140 cm³/mol. The molecule has 1 amide bonds. The molecule has 1 saturated heterocycles. The van der Waals surface area contributed by atoms with Crippen molar-refractivity contribution < 1.29 is 14.6 Å². The van der Waals surface area contributed by atoms with Crippen molar-refractivity contribution >= 4 is 33.3 Å². The molecule has 2 aromatic heterocycles. The van der Waals surface area contributed by atoms with Crippen LogP contribution in [0.4, 0.5) is 10.5 Å². The molecule has 8 heteroatoms. The summed E-state index contributed by atoms with van der Waals surface area (Å²) in [6, 6.07) is 10.6. The molecule has 0 bridgehead atoms. The average Bonchev–Trinajstić information content (AvgIpc) is 3.26. The van der Waals surface area contributed by atoms with Crippen molar-refractivity contribution in [2.75, 3.05) is 24.5 Å². The van der Waals surface area contributed by atoms with E-state index in [9.17, 15) is 15.2 Å². The number of carbonyl (C=O) groups is 1. The van der Waals surface area contributed by atoms with E-state index < -0.39 is 5.60 Å². The lowest BCUT2D eigenvalue weighted by Crippen LogP contribution is -2.43. The van der Waals surface area contributed by atoms with Crippen LogP contribution in [0.2, 0.25) is 0 Å². The summed E-state index contributed by atoms with van der Waals surface area (Å²) in [6.07, 6.45) is 3.58. The highest BCUT2D eigenvalue weighted by atomic mass is 32.1. The number of anilines is 1.